The molecule has 30 heavy (non-hydrogen) atoms. The molecule has 2 aliphatic rings. The molecular weight excluding hydrogens is 448 g/mol. The second-order valence-electron chi connectivity index (χ2n) is 6.78. The Kier molecular flexibility index (Phi) is 6.46. The maximum Gasteiger partial charge on any atom is 0.243 e. The highest BCUT2D eigenvalue weighted by Gasteiger charge is 2.33. The third kappa shape index (κ3) is 4.56. The molecule has 4 rings (SSSR count). The first-order valence-corrected chi connectivity index (χ1v) is 12.9. The van der Waals surface area contributed by atoms with Crippen LogP contribution < -0.4 is 14.8 Å². The van der Waals surface area contributed by atoms with Crippen molar-refractivity contribution < 1.29 is 22.7 Å². The van der Waals surface area contributed by atoms with Crippen molar-refractivity contribution in [2.24, 2.45) is 5.92 Å². The number of hydrogen-bond acceptors (Lipinski definition) is 9. The molecular formula is C18H22N4O5S3. The Morgan fingerprint density at radius 2 is 1.97 bits per heavy atom. The third-order valence-electron chi connectivity index (χ3n) is 4.88. The Hall–Kier alpha value is -1.89. The van der Waals surface area contributed by atoms with Crippen molar-refractivity contribution in [3.05, 3.63) is 18.2 Å². The van der Waals surface area contributed by atoms with Gasteiger partial charge in [-0.2, -0.15) is 4.31 Å². The summed E-state index contributed by atoms with van der Waals surface area (Å²) in [6, 6.07) is 4.65. The highest BCUT2D eigenvalue weighted by molar-refractivity contribution is 8.01. The predicted octanol–water partition coefficient (Wildman–Crippen LogP) is 2.46. The van der Waals surface area contributed by atoms with E-state index in [-0.39, 0.29) is 29.8 Å². The van der Waals surface area contributed by atoms with Crippen LogP contribution >= 0.6 is 23.1 Å². The van der Waals surface area contributed by atoms with Gasteiger partial charge in [0, 0.05) is 25.1 Å². The van der Waals surface area contributed by atoms with Gasteiger partial charge in [-0.25, -0.2) is 8.42 Å². The van der Waals surface area contributed by atoms with E-state index in [2.05, 4.69) is 15.5 Å². The molecule has 0 spiro atoms. The summed E-state index contributed by atoms with van der Waals surface area (Å²) in [5, 5.41) is 11.3. The monoisotopic (exact) mass is 470 g/mol. The SMILES string of the molecule is CCSc1nnc(NC(=O)C2CCN(S(=O)(=O)c3ccc4c(c3)OCCO4)CC2)s1. The summed E-state index contributed by atoms with van der Waals surface area (Å²) >= 11 is 2.92. The molecule has 2 aromatic rings. The van der Waals surface area contributed by atoms with Crippen LogP contribution in [0.1, 0.15) is 19.8 Å². The molecule has 1 N–H and O–H groups in total. The van der Waals surface area contributed by atoms with Gasteiger partial charge in [-0.05, 0) is 30.7 Å². The molecule has 0 aliphatic carbocycles. The topological polar surface area (TPSA) is 111 Å². The molecule has 1 saturated heterocycles. The summed E-state index contributed by atoms with van der Waals surface area (Å²) < 4.78 is 39.2. The Bertz CT molecular complexity index is 1020. The number of carbonyl (C=O) groups excluding carboxylic acids is 1. The molecule has 1 fully saturated rings. The zero-order chi connectivity index (χ0) is 21.1. The average molecular weight is 471 g/mol. The van der Waals surface area contributed by atoms with Gasteiger partial charge in [0.2, 0.25) is 21.1 Å². The summed E-state index contributed by atoms with van der Waals surface area (Å²) in [5.41, 5.74) is 0. The first-order valence-electron chi connectivity index (χ1n) is 9.64. The highest BCUT2D eigenvalue weighted by Crippen LogP contribution is 2.34. The number of ether oxygens (including phenoxy) is 2. The number of nitrogens with zero attached hydrogens (tertiary/aromatic N) is 3. The first-order chi connectivity index (χ1) is 14.5. The lowest BCUT2D eigenvalue weighted by atomic mass is 9.97. The van der Waals surface area contributed by atoms with E-state index in [0.29, 0.717) is 42.7 Å². The van der Waals surface area contributed by atoms with Crippen LogP contribution in [0.3, 0.4) is 0 Å². The predicted molar refractivity (Wildman–Crippen MR) is 114 cm³/mol. The quantitative estimate of drug-likeness (QED) is 0.506. The van der Waals surface area contributed by atoms with Crippen molar-refractivity contribution in [2.75, 3.05) is 37.4 Å². The number of fused-ring (bicyclic) bond motifs is 1. The summed E-state index contributed by atoms with van der Waals surface area (Å²) in [6.07, 6.45) is 0.899. The number of sulfonamides is 1. The minimum atomic E-state index is -3.66. The number of amides is 1. The molecule has 9 nitrogen and oxygen atoms in total. The van der Waals surface area contributed by atoms with Gasteiger partial charge in [0.15, 0.2) is 15.8 Å². The standard InChI is InChI=1S/C18H22N4O5S3/c1-2-28-18-21-20-17(29-18)19-16(23)12-5-7-22(8-6-12)30(24,25)13-3-4-14-15(11-13)27-10-9-26-14/h3-4,11-12H,2,5-10H2,1H3,(H,19,20,23). The van der Waals surface area contributed by atoms with Crippen molar-refractivity contribution in [1.82, 2.24) is 14.5 Å². The summed E-state index contributed by atoms with van der Waals surface area (Å²) in [6.45, 7) is 3.43. The zero-order valence-electron chi connectivity index (χ0n) is 16.4. The van der Waals surface area contributed by atoms with Gasteiger partial charge in [-0.15, -0.1) is 10.2 Å². The summed E-state index contributed by atoms with van der Waals surface area (Å²) in [7, 11) is -3.66. The number of anilines is 1. The molecule has 3 heterocycles. The number of nitrogens with one attached hydrogen (secondary N) is 1. The van der Waals surface area contributed by atoms with Crippen LogP contribution in [0, 0.1) is 5.92 Å². The lowest BCUT2D eigenvalue weighted by Crippen LogP contribution is -2.41. The molecule has 1 aromatic heterocycles. The normalized spacial score (nSPS) is 17.6. The van der Waals surface area contributed by atoms with Crippen LogP contribution in [0.25, 0.3) is 0 Å². The highest BCUT2D eigenvalue weighted by atomic mass is 32.2. The van der Waals surface area contributed by atoms with Gasteiger partial charge in [0.25, 0.3) is 0 Å². The molecule has 2 aliphatic heterocycles. The maximum absolute atomic E-state index is 13.0. The van der Waals surface area contributed by atoms with Gasteiger partial charge in [0.05, 0.1) is 4.90 Å². The van der Waals surface area contributed by atoms with Crippen LogP contribution in [0.15, 0.2) is 27.4 Å². The van der Waals surface area contributed by atoms with Crippen LogP contribution in [0.2, 0.25) is 0 Å². The number of benzene rings is 1. The summed E-state index contributed by atoms with van der Waals surface area (Å²) in [4.78, 5) is 12.7. The number of carbonyl (C=O) groups is 1. The Balaban J connectivity index is 1.36. The van der Waals surface area contributed by atoms with Crippen molar-refractivity contribution in [3.8, 4) is 11.5 Å². The molecule has 1 aromatic carbocycles. The van der Waals surface area contributed by atoms with Gasteiger partial charge < -0.3 is 14.8 Å². The van der Waals surface area contributed by atoms with Gasteiger partial charge >= 0.3 is 0 Å². The van der Waals surface area contributed by atoms with E-state index in [4.69, 9.17) is 9.47 Å². The number of rotatable bonds is 6. The fraction of sp³-hybridized carbons (Fsp3) is 0.500. The number of piperidine rings is 1. The largest absolute Gasteiger partial charge is 0.486 e. The van der Waals surface area contributed by atoms with E-state index >= 15 is 0 Å². The van der Waals surface area contributed by atoms with Crippen molar-refractivity contribution in [2.45, 2.75) is 29.0 Å². The molecule has 0 atom stereocenters. The van der Waals surface area contributed by atoms with E-state index in [1.165, 1.54) is 27.8 Å². The Morgan fingerprint density at radius 1 is 1.23 bits per heavy atom. The fourth-order valence-electron chi connectivity index (χ4n) is 3.34. The number of aromatic nitrogens is 2. The van der Waals surface area contributed by atoms with Crippen molar-refractivity contribution in [1.29, 1.82) is 0 Å². The fourth-order valence-corrected chi connectivity index (χ4v) is 6.48. The molecule has 0 bridgehead atoms. The smallest absolute Gasteiger partial charge is 0.243 e. The van der Waals surface area contributed by atoms with Gasteiger partial charge in [-0.1, -0.05) is 30.0 Å². The molecule has 0 unspecified atom stereocenters. The third-order valence-corrected chi connectivity index (χ3v) is 8.63. The lowest BCUT2D eigenvalue weighted by molar-refractivity contribution is -0.120. The van der Waals surface area contributed by atoms with Crippen LogP contribution in [0.5, 0.6) is 11.5 Å². The van der Waals surface area contributed by atoms with E-state index < -0.39 is 10.0 Å². The van der Waals surface area contributed by atoms with Crippen molar-refractivity contribution in [3.63, 3.8) is 0 Å². The van der Waals surface area contributed by atoms with Crippen LogP contribution in [0.4, 0.5) is 5.13 Å². The van der Waals surface area contributed by atoms with Crippen LogP contribution in [-0.2, 0) is 14.8 Å². The molecule has 162 valence electrons. The first kappa shape index (κ1) is 21.3. The van der Waals surface area contributed by atoms with E-state index in [0.717, 1.165) is 10.1 Å². The second-order valence-corrected chi connectivity index (χ2v) is 11.2. The second kappa shape index (κ2) is 9.08. The Labute approximate surface area is 183 Å². The zero-order valence-corrected chi connectivity index (χ0v) is 18.8. The minimum absolute atomic E-state index is 0.143. The Morgan fingerprint density at radius 3 is 2.70 bits per heavy atom. The van der Waals surface area contributed by atoms with Gasteiger partial charge in [0.1, 0.15) is 13.2 Å². The summed E-state index contributed by atoms with van der Waals surface area (Å²) in [5.74, 6) is 1.47. The van der Waals surface area contributed by atoms with E-state index in [1.54, 1.807) is 17.8 Å². The maximum atomic E-state index is 13.0. The van der Waals surface area contributed by atoms with Gasteiger partial charge in [-0.3, -0.25) is 4.79 Å². The average Bonchev–Trinajstić information content (AvgIpc) is 3.20. The molecule has 0 radical (unpaired) electrons. The molecule has 12 heteroatoms. The van der Waals surface area contributed by atoms with Crippen LogP contribution in [-0.4, -0.2) is 60.9 Å². The molecule has 1 amide bonds. The molecule has 0 saturated carbocycles. The van der Waals surface area contributed by atoms with E-state index in [1.807, 2.05) is 6.92 Å². The van der Waals surface area contributed by atoms with E-state index in [9.17, 15) is 13.2 Å². The lowest BCUT2D eigenvalue weighted by Gasteiger charge is -2.30. The number of hydrogen-bond donors (Lipinski definition) is 1. The van der Waals surface area contributed by atoms with Crippen molar-refractivity contribution >= 4 is 44.2 Å². The number of thioether (sulfide) groups is 1. The minimum Gasteiger partial charge on any atom is -0.486 e.